The van der Waals surface area contributed by atoms with Crippen LogP contribution in [0.1, 0.15) is 42.8 Å². The van der Waals surface area contributed by atoms with Crippen LogP contribution in [0.15, 0.2) is 28.2 Å². The summed E-state index contributed by atoms with van der Waals surface area (Å²) in [5.41, 5.74) is 1.95. The monoisotopic (exact) mass is 487 g/mol. The van der Waals surface area contributed by atoms with Gasteiger partial charge in [-0.25, -0.2) is 4.98 Å². The standard InChI is InChI=1S/C24H29N3O4S2/c1-6-26(12-17-7-8-18-19(11-17)31-10-9-30-18)20(28)13-32-24-25-22-21(15(4)16(5)33-22)23(29)27(24)14(2)3/h7-8,11,14H,6,9-10,12-13H2,1-5H3. The van der Waals surface area contributed by atoms with Crippen LogP contribution >= 0.6 is 23.1 Å². The summed E-state index contributed by atoms with van der Waals surface area (Å²) in [6.45, 7) is 12.0. The second-order valence-corrected chi connectivity index (χ2v) is 10.4. The maximum atomic E-state index is 13.2. The zero-order valence-electron chi connectivity index (χ0n) is 19.6. The number of benzene rings is 1. The van der Waals surface area contributed by atoms with Gasteiger partial charge in [-0.2, -0.15) is 0 Å². The van der Waals surface area contributed by atoms with E-state index >= 15 is 0 Å². The van der Waals surface area contributed by atoms with E-state index in [4.69, 9.17) is 14.5 Å². The molecule has 2 aromatic heterocycles. The molecule has 3 heterocycles. The summed E-state index contributed by atoms with van der Waals surface area (Å²) in [4.78, 5) is 34.7. The van der Waals surface area contributed by atoms with Crippen molar-refractivity contribution in [1.82, 2.24) is 14.5 Å². The summed E-state index contributed by atoms with van der Waals surface area (Å²) < 4.78 is 13.0. The third-order valence-corrected chi connectivity index (χ3v) is 7.80. The van der Waals surface area contributed by atoms with Crippen LogP contribution in [-0.4, -0.2) is 45.9 Å². The summed E-state index contributed by atoms with van der Waals surface area (Å²) in [5, 5.41) is 1.28. The van der Waals surface area contributed by atoms with E-state index < -0.39 is 0 Å². The molecule has 1 aliphatic heterocycles. The van der Waals surface area contributed by atoms with Crippen molar-refractivity contribution in [3.63, 3.8) is 0 Å². The van der Waals surface area contributed by atoms with Crippen LogP contribution in [-0.2, 0) is 11.3 Å². The molecule has 1 aliphatic rings. The number of aromatic nitrogens is 2. The quantitative estimate of drug-likeness (QED) is 0.359. The van der Waals surface area contributed by atoms with Crippen LogP contribution in [0.4, 0.5) is 0 Å². The molecule has 1 amide bonds. The second-order valence-electron chi connectivity index (χ2n) is 8.30. The van der Waals surface area contributed by atoms with Crippen LogP contribution < -0.4 is 15.0 Å². The van der Waals surface area contributed by atoms with Gasteiger partial charge in [-0.05, 0) is 57.9 Å². The molecule has 9 heteroatoms. The van der Waals surface area contributed by atoms with Crippen molar-refractivity contribution < 1.29 is 14.3 Å². The molecule has 0 saturated heterocycles. The van der Waals surface area contributed by atoms with E-state index in [0.717, 1.165) is 32.3 Å². The Morgan fingerprint density at radius 1 is 1.24 bits per heavy atom. The van der Waals surface area contributed by atoms with Gasteiger partial charge in [0.15, 0.2) is 16.7 Å². The minimum absolute atomic E-state index is 0.000539. The first-order valence-electron chi connectivity index (χ1n) is 11.1. The minimum atomic E-state index is -0.0494. The normalized spacial score (nSPS) is 13.0. The number of hydrogen-bond acceptors (Lipinski definition) is 7. The number of rotatable bonds is 7. The van der Waals surface area contributed by atoms with Crippen molar-refractivity contribution in [3.8, 4) is 11.5 Å². The van der Waals surface area contributed by atoms with Crippen molar-refractivity contribution in [3.05, 3.63) is 44.6 Å². The van der Waals surface area contributed by atoms with E-state index in [2.05, 4.69) is 0 Å². The Labute approximate surface area is 201 Å². The Balaban J connectivity index is 1.52. The second kappa shape index (κ2) is 9.77. The molecule has 1 aromatic carbocycles. The maximum absolute atomic E-state index is 13.2. The fraction of sp³-hybridized carbons (Fsp3) is 0.458. The molecule has 7 nitrogen and oxygen atoms in total. The highest BCUT2D eigenvalue weighted by Gasteiger charge is 2.21. The zero-order chi connectivity index (χ0) is 23.7. The molecule has 0 radical (unpaired) electrons. The first-order valence-corrected chi connectivity index (χ1v) is 12.9. The van der Waals surface area contributed by atoms with Crippen LogP contribution in [0.25, 0.3) is 10.2 Å². The van der Waals surface area contributed by atoms with E-state index in [-0.39, 0.29) is 23.3 Å². The fourth-order valence-electron chi connectivity index (χ4n) is 3.85. The van der Waals surface area contributed by atoms with Crippen molar-refractivity contribution in [2.45, 2.75) is 52.4 Å². The highest BCUT2D eigenvalue weighted by atomic mass is 32.2. The van der Waals surface area contributed by atoms with E-state index in [1.165, 1.54) is 23.1 Å². The van der Waals surface area contributed by atoms with Gasteiger partial charge in [-0.3, -0.25) is 14.2 Å². The van der Waals surface area contributed by atoms with Crippen LogP contribution in [0.5, 0.6) is 11.5 Å². The SMILES string of the molecule is CCN(Cc1ccc2c(c1)OCCO2)C(=O)CSc1nc2sc(C)c(C)c2c(=O)n1C(C)C. The molecular weight excluding hydrogens is 458 g/mol. The molecular formula is C24H29N3O4S2. The summed E-state index contributed by atoms with van der Waals surface area (Å²) in [6.07, 6.45) is 0. The molecule has 0 spiro atoms. The van der Waals surface area contributed by atoms with Gasteiger partial charge in [-0.15, -0.1) is 11.3 Å². The van der Waals surface area contributed by atoms with E-state index in [1.54, 1.807) is 9.47 Å². The molecule has 0 N–H and O–H groups in total. The molecule has 4 rings (SSSR count). The number of aryl methyl sites for hydroxylation is 2. The van der Waals surface area contributed by atoms with Crippen LogP contribution in [0, 0.1) is 13.8 Å². The van der Waals surface area contributed by atoms with Gasteiger partial charge >= 0.3 is 0 Å². The number of carbonyl (C=O) groups excluding carboxylic acids is 1. The number of ether oxygens (including phenoxy) is 2. The molecule has 0 atom stereocenters. The lowest BCUT2D eigenvalue weighted by Gasteiger charge is -2.23. The van der Waals surface area contributed by atoms with Gasteiger partial charge < -0.3 is 14.4 Å². The maximum Gasteiger partial charge on any atom is 0.263 e. The lowest BCUT2D eigenvalue weighted by molar-refractivity contribution is -0.128. The molecule has 33 heavy (non-hydrogen) atoms. The smallest absolute Gasteiger partial charge is 0.263 e. The Kier molecular flexibility index (Phi) is 6.99. The van der Waals surface area contributed by atoms with Gasteiger partial charge in [0.2, 0.25) is 5.91 Å². The van der Waals surface area contributed by atoms with Crippen molar-refractivity contribution in [1.29, 1.82) is 0 Å². The number of hydrogen-bond donors (Lipinski definition) is 0. The first-order chi connectivity index (χ1) is 15.8. The van der Waals surface area contributed by atoms with E-state index in [1.807, 2.05) is 52.8 Å². The predicted molar refractivity (Wildman–Crippen MR) is 133 cm³/mol. The third-order valence-electron chi connectivity index (χ3n) is 5.76. The summed E-state index contributed by atoms with van der Waals surface area (Å²) in [7, 11) is 0. The van der Waals surface area contributed by atoms with Crippen molar-refractivity contribution in [2.24, 2.45) is 0 Å². The number of fused-ring (bicyclic) bond motifs is 2. The number of nitrogens with zero attached hydrogens (tertiary/aromatic N) is 3. The molecule has 0 fully saturated rings. The van der Waals surface area contributed by atoms with Gasteiger partial charge in [0.05, 0.1) is 11.1 Å². The topological polar surface area (TPSA) is 73.7 Å². The lowest BCUT2D eigenvalue weighted by Crippen LogP contribution is -2.32. The zero-order valence-corrected chi connectivity index (χ0v) is 21.3. The fourth-order valence-corrected chi connectivity index (χ4v) is 5.95. The van der Waals surface area contributed by atoms with Crippen LogP contribution in [0.3, 0.4) is 0 Å². The van der Waals surface area contributed by atoms with Gasteiger partial charge in [0.1, 0.15) is 18.0 Å². The summed E-state index contributed by atoms with van der Waals surface area (Å²) in [6, 6.07) is 5.74. The Morgan fingerprint density at radius 2 is 1.97 bits per heavy atom. The van der Waals surface area contributed by atoms with Gasteiger partial charge in [0, 0.05) is 24.0 Å². The van der Waals surface area contributed by atoms with E-state index in [9.17, 15) is 9.59 Å². The Morgan fingerprint density at radius 3 is 2.67 bits per heavy atom. The average Bonchev–Trinajstić information content (AvgIpc) is 3.08. The molecule has 0 saturated carbocycles. The highest BCUT2D eigenvalue weighted by Crippen LogP contribution is 2.32. The first kappa shape index (κ1) is 23.6. The minimum Gasteiger partial charge on any atom is -0.486 e. The average molecular weight is 488 g/mol. The molecule has 0 aliphatic carbocycles. The number of amides is 1. The van der Waals surface area contributed by atoms with Gasteiger partial charge in [0.25, 0.3) is 5.56 Å². The molecule has 176 valence electrons. The van der Waals surface area contributed by atoms with E-state index in [0.29, 0.717) is 36.8 Å². The third kappa shape index (κ3) is 4.75. The number of carbonyl (C=O) groups is 1. The number of thioether (sulfide) groups is 1. The Bertz CT molecular complexity index is 1250. The highest BCUT2D eigenvalue weighted by molar-refractivity contribution is 7.99. The summed E-state index contributed by atoms with van der Waals surface area (Å²) in [5.74, 6) is 1.67. The van der Waals surface area contributed by atoms with Crippen molar-refractivity contribution >= 4 is 39.2 Å². The summed E-state index contributed by atoms with van der Waals surface area (Å²) >= 11 is 2.86. The van der Waals surface area contributed by atoms with Crippen molar-refractivity contribution in [2.75, 3.05) is 25.5 Å². The largest absolute Gasteiger partial charge is 0.486 e. The Hall–Kier alpha value is -2.52. The van der Waals surface area contributed by atoms with Crippen LogP contribution in [0.2, 0.25) is 0 Å². The lowest BCUT2D eigenvalue weighted by atomic mass is 10.2. The predicted octanol–water partition coefficient (Wildman–Crippen LogP) is 4.57. The molecule has 0 unspecified atom stereocenters. The molecule has 3 aromatic rings. The number of thiophene rings is 1. The molecule has 0 bridgehead atoms. The van der Waals surface area contributed by atoms with Gasteiger partial charge in [-0.1, -0.05) is 17.8 Å².